The number of aromatic nitrogens is 1. The van der Waals surface area contributed by atoms with Gasteiger partial charge in [0, 0.05) is 28.2 Å². The molecule has 3 rings (SSSR count). The Morgan fingerprint density at radius 3 is 2.00 bits per heavy atom. The number of nitrogens with zero attached hydrogens (tertiary/aromatic N) is 1. The molecule has 0 radical (unpaired) electrons. The van der Waals surface area contributed by atoms with Crippen LogP contribution < -0.4 is 14.8 Å². The van der Waals surface area contributed by atoms with Gasteiger partial charge in [-0.2, -0.15) is 0 Å². The lowest BCUT2D eigenvalue weighted by molar-refractivity contribution is -0.150. The fourth-order valence-electron chi connectivity index (χ4n) is 3.79. The molecule has 0 saturated carbocycles. The van der Waals surface area contributed by atoms with Gasteiger partial charge in [0.25, 0.3) is 0 Å². The number of rotatable bonds is 10. The first-order valence-electron chi connectivity index (χ1n) is 11.5. The molecule has 1 heterocycles. The molecule has 2 N–H and O–H groups in total. The summed E-state index contributed by atoms with van der Waals surface area (Å²) in [5.74, 6) is -0.267. The maximum Gasteiger partial charge on any atom is 0.328 e. The van der Waals surface area contributed by atoms with Crippen molar-refractivity contribution in [2.45, 2.75) is 45.1 Å². The smallest absolute Gasteiger partial charge is 0.328 e. The van der Waals surface area contributed by atoms with Crippen LogP contribution in [0.2, 0.25) is 10.0 Å². The Kier molecular flexibility index (Phi) is 10.1. The summed E-state index contributed by atoms with van der Waals surface area (Å²) in [5, 5.41) is 13.9. The molecule has 0 fully saturated rings. The van der Waals surface area contributed by atoms with Gasteiger partial charge in [-0.25, -0.2) is 9.78 Å². The molecule has 2 aromatic carbocycles. The van der Waals surface area contributed by atoms with Crippen molar-refractivity contribution in [2.75, 3.05) is 7.11 Å². The van der Waals surface area contributed by atoms with Gasteiger partial charge in [-0.3, -0.25) is 0 Å². The van der Waals surface area contributed by atoms with Crippen molar-refractivity contribution in [1.29, 1.82) is 0 Å². The van der Waals surface area contributed by atoms with E-state index in [4.69, 9.17) is 49.6 Å². The number of methoxy groups -OCH3 is 1. The van der Waals surface area contributed by atoms with Gasteiger partial charge in [0.1, 0.15) is 22.8 Å². The van der Waals surface area contributed by atoms with Crippen LogP contribution in [0.25, 0.3) is 0 Å². The lowest BCUT2D eigenvalue weighted by atomic mass is 9.87. The van der Waals surface area contributed by atoms with E-state index >= 15 is 0 Å². The van der Waals surface area contributed by atoms with E-state index in [9.17, 15) is 9.90 Å². The van der Waals surface area contributed by atoms with Crippen LogP contribution in [0.4, 0.5) is 0 Å². The van der Waals surface area contributed by atoms with Crippen molar-refractivity contribution in [3.05, 3.63) is 87.7 Å². The van der Waals surface area contributed by atoms with Crippen molar-refractivity contribution < 1.29 is 24.1 Å². The summed E-state index contributed by atoms with van der Waals surface area (Å²) in [6.07, 6.45) is -0.164. The van der Waals surface area contributed by atoms with Crippen LogP contribution in [0.5, 0.6) is 11.5 Å². The molecular weight excluding hydrogens is 535 g/mol. The van der Waals surface area contributed by atoms with Gasteiger partial charge >= 0.3 is 5.97 Å². The Balaban J connectivity index is 1.78. The number of nitrogens with one attached hydrogen (secondary N) is 1. The lowest BCUT2D eigenvalue weighted by Gasteiger charge is -2.27. The second-order valence-electron chi connectivity index (χ2n) is 8.33. The summed E-state index contributed by atoms with van der Waals surface area (Å²) in [7, 11) is 1.46. The minimum absolute atomic E-state index is 0.138. The molecular formula is C27H28Cl2N2O5S. The maximum absolute atomic E-state index is 13.1. The Morgan fingerprint density at radius 2 is 1.51 bits per heavy atom. The van der Waals surface area contributed by atoms with Crippen LogP contribution >= 0.6 is 35.4 Å². The third-order valence-electron chi connectivity index (χ3n) is 5.52. The second-order valence-corrected chi connectivity index (χ2v) is 9.61. The number of thiocarbonyl (C=S) groups is 1. The van der Waals surface area contributed by atoms with Crippen LogP contribution in [-0.4, -0.2) is 46.6 Å². The Bertz CT molecular complexity index is 1180. The van der Waals surface area contributed by atoms with Crippen LogP contribution in [0.15, 0.2) is 60.8 Å². The Hall–Kier alpha value is -2.91. The molecule has 0 aliphatic rings. The summed E-state index contributed by atoms with van der Waals surface area (Å²) in [6.45, 7) is 4.91. The summed E-state index contributed by atoms with van der Waals surface area (Å²) < 4.78 is 16.6. The minimum atomic E-state index is -1.12. The molecule has 7 nitrogen and oxygen atoms in total. The molecule has 0 bridgehead atoms. The highest BCUT2D eigenvalue weighted by Gasteiger charge is 2.28. The summed E-state index contributed by atoms with van der Waals surface area (Å²) >= 11 is 17.7. The van der Waals surface area contributed by atoms with Gasteiger partial charge in [-0.05, 0) is 56.2 Å². The molecule has 0 saturated heterocycles. The average Bonchev–Trinajstić information content (AvgIpc) is 2.86. The zero-order valence-corrected chi connectivity index (χ0v) is 23.1. The molecule has 0 aliphatic heterocycles. The molecule has 1 unspecified atom stereocenters. The molecule has 0 amide bonds. The van der Waals surface area contributed by atoms with Gasteiger partial charge in [0.15, 0.2) is 17.8 Å². The third-order valence-corrected chi connectivity index (χ3v) is 6.34. The van der Waals surface area contributed by atoms with Crippen LogP contribution in [0.1, 0.15) is 43.5 Å². The van der Waals surface area contributed by atoms with Gasteiger partial charge in [0.2, 0.25) is 0 Å². The van der Waals surface area contributed by atoms with Gasteiger partial charge in [0.05, 0.1) is 7.11 Å². The zero-order chi connectivity index (χ0) is 27.1. The number of carbonyl (C=O) groups is 1. The van der Waals surface area contributed by atoms with E-state index in [1.54, 1.807) is 37.3 Å². The first-order valence-corrected chi connectivity index (χ1v) is 12.7. The molecule has 3 aromatic rings. The number of hydrogen-bond donors (Lipinski definition) is 2. The quantitative estimate of drug-likeness (QED) is 0.189. The average molecular weight is 564 g/mol. The molecule has 10 heteroatoms. The number of halogens is 2. The SMILES string of the molecule is COc1ccnc(C(=S)N[C@@H](C)C(=O)O[C@@H](C)C(c2ccc(Cl)cc2)c2ccc(Cl)cc2)c1OC(C)O. The highest BCUT2D eigenvalue weighted by atomic mass is 35.5. The molecule has 37 heavy (non-hydrogen) atoms. The predicted octanol–water partition coefficient (Wildman–Crippen LogP) is 5.53. The number of benzene rings is 2. The van der Waals surface area contributed by atoms with E-state index in [1.165, 1.54) is 20.2 Å². The van der Waals surface area contributed by atoms with E-state index in [-0.39, 0.29) is 22.3 Å². The van der Waals surface area contributed by atoms with Gasteiger partial charge < -0.3 is 24.6 Å². The van der Waals surface area contributed by atoms with Crippen molar-refractivity contribution in [1.82, 2.24) is 10.3 Å². The monoisotopic (exact) mass is 562 g/mol. The number of aliphatic hydroxyl groups excluding tert-OH is 1. The second kappa shape index (κ2) is 13.1. The van der Waals surface area contributed by atoms with Crippen LogP contribution in [0, 0.1) is 0 Å². The van der Waals surface area contributed by atoms with E-state index in [2.05, 4.69) is 10.3 Å². The van der Waals surface area contributed by atoms with E-state index in [1.807, 2.05) is 31.2 Å². The largest absolute Gasteiger partial charge is 0.493 e. The van der Waals surface area contributed by atoms with Crippen molar-refractivity contribution >= 4 is 46.4 Å². The molecule has 1 aromatic heterocycles. The number of aliphatic hydroxyl groups is 1. The number of esters is 1. The third kappa shape index (κ3) is 7.55. The highest BCUT2D eigenvalue weighted by molar-refractivity contribution is 7.80. The summed E-state index contributed by atoms with van der Waals surface area (Å²) in [5.41, 5.74) is 2.09. The predicted molar refractivity (Wildman–Crippen MR) is 148 cm³/mol. The molecule has 0 spiro atoms. The van der Waals surface area contributed by atoms with Gasteiger partial charge in [-0.15, -0.1) is 0 Å². The van der Waals surface area contributed by atoms with Gasteiger partial charge in [-0.1, -0.05) is 59.7 Å². The fraction of sp³-hybridized carbons (Fsp3) is 0.296. The zero-order valence-electron chi connectivity index (χ0n) is 20.8. The van der Waals surface area contributed by atoms with E-state index < -0.39 is 24.4 Å². The topological polar surface area (TPSA) is 89.9 Å². The van der Waals surface area contributed by atoms with Crippen LogP contribution in [0.3, 0.4) is 0 Å². The first-order chi connectivity index (χ1) is 17.6. The minimum Gasteiger partial charge on any atom is -0.493 e. The van der Waals surface area contributed by atoms with Crippen molar-refractivity contribution in [3.63, 3.8) is 0 Å². The standard InChI is InChI=1S/C27H28Cl2N2O5S/c1-15(31-26(37)24-25(36-17(3)32)22(34-4)13-14-30-24)27(33)35-16(2)23(18-5-9-20(28)10-6-18)19-7-11-21(29)12-8-19/h5-17,23,32H,1-4H3,(H,31,37)/t15-,16-,17?/m0/s1. The number of ether oxygens (including phenoxy) is 3. The van der Waals surface area contributed by atoms with E-state index in [0.29, 0.717) is 15.8 Å². The van der Waals surface area contributed by atoms with Crippen LogP contribution in [-0.2, 0) is 9.53 Å². The lowest BCUT2D eigenvalue weighted by Crippen LogP contribution is -2.41. The molecule has 196 valence electrons. The number of hydrogen-bond acceptors (Lipinski definition) is 7. The van der Waals surface area contributed by atoms with E-state index in [0.717, 1.165) is 11.1 Å². The number of carbonyl (C=O) groups excluding carboxylic acids is 1. The molecule has 0 aliphatic carbocycles. The van der Waals surface area contributed by atoms with Crippen molar-refractivity contribution in [3.8, 4) is 11.5 Å². The normalized spacial score (nSPS) is 13.4. The summed E-state index contributed by atoms with van der Waals surface area (Å²) in [4.78, 5) is 17.5. The summed E-state index contributed by atoms with van der Waals surface area (Å²) in [6, 6.07) is 15.6. The Labute approximate surface area is 231 Å². The fourth-order valence-corrected chi connectivity index (χ4v) is 4.36. The number of pyridine rings is 1. The highest BCUT2D eigenvalue weighted by Crippen LogP contribution is 2.32. The maximum atomic E-state index is 13.1. The first kappa shape index (κ1) is 28.7. The Morgan fingerprint density at radius 1 is 0.973 bits per heavy atom. The molecule has 3 atom stereocenters. The van der Waals surface area contributed by atoms with Crippen molar-refractivity contribution in [2.24, 2.45) is 0 Å².